The molecule has 0 unspecified atom stereocenters. The molecule has 0 fully saturated rings. The molecule has 8 aromatic rings. The number of hydrogen-bond donors (Lipinski definition) is 0. The average molecular weight is 607 g/mol. The smallest absolute Gasteiger partial charge is 0.0713 e. The van der Waals surface area contributed by atoms with Gasteiger partial charge in [-0.1, -0.05) is 145 Å². The van der Waals surface area contributed by atoms with Crippen LogP contribution in [0.15, 0.2) is 146 Å². The molecule has 0 N–H and O–H groups in total. The highest BCUT2D eigenvalue weighted by Gasteiger charge is 2.06. The highest BCUT2D eigenvalue weighted by Crippen LogP contribution is 2.26. The highest BCUT2D eigenvalue weighted by atomic mass is 16.5. The van der Waals surface area contributed by atoms with Gasteiger partial charge in [0.15, 0.2) is 0 Å². The van der Waals surface area contributed by atoms with Crippen molar-refractivity contribution in [1.29, 1.82) is 0 Å². The van der Waals surface area contributed by atoms with Crippen LogP contribution in [0.2, 0.25) is 0 Å². The van der Waals surface area contributed by atoms with E-state index in [-0.39, 0.29) is 0 Å². The van der Waals surface area contributed by atoms with E-state index in [4.69, 9.17) is 4.74 Å². The lowest BCUT2D eigenvalue weighted by Gasteiger charge is -2.10. The molecule has 0 atom stereocenters. The summed E-state index contributed by atoms with van der Waals surface area (Å²) in [6, 6.07) is 54.6. The van der Waals surface area contributed by atoms with Crippen LogP contribution < -0.4 is 0 Å². The summed E-state index contributed by atoms with van der Waals surface area (Å²) in [5.74, 6) is 0. The first-order valence-electron chi connectivity index (χ1n) is 16.6. The van der Waals surface area contributed by atoms with E-state index in [9.17, 15) is 0 Å². The maximum Gasteiger partial charge on any atom is 0.0713 e. The molecule has 0 saturated heterocycles. The Balaban J connectivity index is 1.01. The minimum Gasteiger partial charge on any atom is -0.380 e. The van der Waals surface area contributed by atoms with Gasteiger partial charge in [-0.05, 0) is 114 Å². The number of fused-ring (bicyclic) bond motifs is 4. The molecule has 8 rings (SSSR count). The topological polar surface area (TPSA) is 9.23 Å². The molecule has 0 radical (unpaired) electrons. The van der Waals surface area contributed by atoms with Crippen LogP contribution in [0.1, 0.15) is 44.5 Å². The number of methoxy groups -OCH3 is 1. The summed E-state index contributed by atoms with van der Waals surface area (Å²) < 4.78 is 5.35. The molecule has 0 aliphatic rings. The minimum absolute atomic E-state index is 0.638. The fourth-order valence-corrected chi connectivity index (χ4v) is 7.08. The normalized spacial score (nSPS) is 11.6. The largest absolute Gasteiger partial charge is 0.380 e. The Labute approximate surface area is 277 Å². The van der Waals surface area contributed by atoms with E-state index in [1.807, 2.05) is 0 Å². The molecule has 0 aliphatic heterocycles. The molecule has 0 aromatic heterocycles. The van der Waals surface area contributed by atoms with Crippen LogP contribution >= 0.6 is 0 Å². The predicted octanol–water partition coefficient (Wildman–Crippen LogP) is 11.5. The second-order valence-electron chi connectivity index (χ2n) is 13.2. The third kappa shape index (κ3) is 6.41. The third-order valence-corrected chi connectivity index (χ3v) is 9.50. The molecule has 1 nitrogen and oxygen atoms in total. The van der Waals surface area contributed by atoms with Crippen LogP contribution in [0.3, 0.4) is 0 Å². The van der Waals surface area contributed by atoms with E-state index in [1.54, 1.807) is 7.11 Å². The molecule has 0 aliphatic carbocycles. The fraction of sp³-hybridized carbons (Fsp3) is 0.130. The lowest BCUT2D eigenvalue weighted by Crippen LogP contribution is -1.92. The van der Waals surface area contributed by atoms with Gasteiger partial charge in [0, 0.05) is 7.11 Å². The van der Waals surface area contributed by atoms with Crippen molar-refractivity contribution in [2.45, 2.75) is 32.8 Å². The second kappa shape index (κ2) is 12.5. The first-order chi connectivity index (χ1) is 23.0. The van der Waals surface area contributed by atoms with E-state index in [0.717, 1.165) is 19.3 Å². The van der Waals surface area contributed by atoms with Crippen molar-refractivity contribution in [2.75, 3.05) is 7.11 Å². The van der Waals surface area contributed by atoms with Crippen LogP contribution in [0.5, 0.6) is 0 Å². The standard InChI is InChI=1S/C46H38O/c1-31-3-11-39-12-4-32(23-43(39)19-31)20-33-5-13-40-14-6-34(25-44(40)24-33)21-35-7-15-41-16-8-36(27-45(41)26-35)22-37-9-17-42-18-10-38(30-47-2)29-46(42)28-37/h3-19,23-29H,20-22,30H2,1-2H3. The first-order valence-corrected chi connectivity index (χ1v) is 16.6. The Morgan fingerprint density at radius 3 is 0.936 bits per heavy atom. The zero-order valence-electron chi connectivity index (χ0n) is 27.1. The van der Waals surface area contributed by atoms with Gasteiger partial charge < -0.3 is 4.74 Å². The van der Waals surface area contributed by atoms with Crippen LogP contribution in [0.4, 0.5) is 0 Å². The third-order valence-electron chi connectivity index (χ3n) is 9.50. The van der Waals surface area contributed by atoms with Crippen molar-refractivity contribution in [3.8, 4) is 0 Å². The SMILES string of the molecule is COCc1ccc2ccc(Cc3ccc4ccc(Cc5ccc6ccc(Cc7ccc8ccc(C)cc8c7)cc6c5)cc4c3)cc2c1. The number of aryl methyl sites for hydroxylation is 1. The molecule has 1 heteroatoms. The monoisotopic (exact) mass is 606 g/mol. The van der Waals surface area contributed by atoms with Crippen molar-refractivity contribution in [1.82, 2.24) is 0 Å². The van der Waals surface area contributed by atoms with E-state index < -0.39 is 0 Å². The van der Waals surface area contributed by atoms with Gasteiger partial charge in [0.25, 0.3) is 0 Å². The van der Waals surface area contributed by atoms with Crippen molar-refractivity contribution in [3.63, 3.8) is 0 Å². The molecule has 0 heterocycles. The van der Waals surface area contributed by atoms with Gasteiger partial charge in [0.05, 0.1) is 6.61 Å². The summed E-state index contributed by atoms with van der Waals surface area (Å²) in [5.41, 5.74) is 10.6. The number of benzene rings is 8. The van der Waals surface area contributed by atoms with Gasteiger partial charge in [-0.15, -0.1) is 0 Å². The highest BCUT2D eigenvalue weighted by molar-refractivity contribution is 5.87. The van der Waals surface area contributed by atoms with Crippen LogP contribution in [-0.2, 0) is 30.6 Å². The molecule has 47 heavy (non-hydrogen) atoms. The molecule has 228 valence electrons. The summed E-state index contributed by atoms with van der Waals surface area (Å²) in [5, 5.41) is 10.3. The Morgan fingerprint density at radius 2 is 0.596 bits per heavy atom. The van der Waals surface area contributed by atoms with Crippen molar-refractivity contribution in [2.24, 2.45) is 0 Å². The number of rotatable bonds is 8. The Hall–Kier alpha value is -5.24. The van der Waals surface area contributed by atoms with Gasteiger partial charge >= 0.3 is 0 Å². The van der Waals surface area contributed by atoms with Gasteiger partial charge in [-0.2, -0.15) is 0 Å². The first kappa shape index (κ1) is 29.2. The van der Waals surface area contributed by atoms with E-state index in [0.29, 0.717) is 6.61 Å². The lowest BCUT2D eigenvalue weighted by molar-refractivity contribution is 0.185. The zero-order chi connectivity index (χ0) is 31.7. The van der Waals surface area contributed by atoms with Crippen molar-refractivity contribution < 1.29 is 4.74 Å². The van der Waals surface area contributed by atoms with E-state index in [1.165, 1.54) is 87.6 Å². The van der Waals surface area contributed by atoms with Crippen LogP contribution in [0, 0.1) is 6.92 Å². The average Bonchev–Trinajstić information content (AvgIpc) is 3.08. The maximum absolute atomic E-state index is 5.35. The summed E-state index contributed by atoms with van der Waals surface area (Å²) >= 11 is 0. The molecule has 8 aromatic carbocycles. The second-order valence-corrected chi connectivity index (χ2v) is 13.2. The molecular weight excluding hydrogens is 569 g/mol. The zero-order valence-corrected chi connectivity index (χ0v) is 27.1. The Morgan fingerprint density at radius 1 is 0.319 bits per heavy atom. The summed E-state index contributed by atoms with van der Waals surface area (Å²) in [6.45, 7) is 2.80. The van der Waals surface area contributed by atoms with E-state index >= 15 is 0 Å². The summed E-state index contributed by atoms with van der Waals surface area (Å²) in [7, 11) is 1.75. The molecule has 0 amide bonds. The molecule has 0 saturated carbocycles. The molecule has 0 spiro atoms. The van der Waals surface area contributed by atoms with Crippen LogP contribution in [-0.4, -0.2) is 7.11 Å². The van der Waals surface area contributed by atoms with Gasteiger partial charge in [-0.3, -0.25) is 0 Å². The molecule has 0 bridgehead atoms. The van der Waals surface area contributed by atoms with Crippen LogP contribution in [0.25, 0.3) is 43.1 Å². The summed E-state index contributed by atoms with van der Waals surface area (Å²) in [6.07, 6.45) is 2.76. The Kier molecular flexibility index (Phi) is 7.77. The van der Waals surface area contributed by atoms with Crippen molar-refractivity contribution in [3.05, 3.63) is 190 Å². The van der Waals surface area contributed by atoms with Gasteiger partial charge in [-0.25, -0.2) is 0 Å². The number of ether oxygens (including phenoxy) is 1. The van der Waals surface area contributed by atoms with E-state index in [2.05, 4.69) is 153 Å². The Bertz CT molecular complexity index is 2410. The quantitative estimate of drug-likeness (QED) is 0.167. The lowest BCUT2D eigenvalue weighted by atomic mass is 9.95. The molecular formula is C46H38O. The van der Waals surface area contributed by atoms with Crippen molar-refractivity contribution >= 4 is 43.1 Å². The summed E-state index contributed by atoms with van der Waals surface area (Å²) in [4.78, 5) is 0. The van der Waals surface area contributed by atoms with Gasteiger partial charge in [0.2, 0.25) is 0 Å². The minimum atomic E-state index is 0.638. The maximum atomic E-state index is 5.35. The fourth-order valence-electron chi connectivity index (χ4n) is 7.08. The van der Waals surface area contributed by atoms with Gasteiger partial charge in [0.1, 0.15) is 0 Å². The predicted molar refractivity (Wildman–Crippen MR) is 200 cm³/mol. The number of hydrogen-bond acceptors (Lipinski definition) is 1.